The molecule has 0 bridgehead atoms. The fourth-order valence-corrected chi connectivity index (χ4v) is 4.76. The highest BCUT2D eigenvalue weighted by Crippen LogP contribution is 2.26. The van der Waals surface area contributed by atoms with E-state index in [0.717, 1.165) is 32.6 Å². The van der Waals surface area contributed by atoms with Crippen LogP contribution in [0.3, 0.4) is 0 Å². The zero-order chi connectivity index (χ0) is 20.2. The Kier molecular flexibility index (Phi) is 8.33. The van der Waals surface area contributed by atoms with Crippen molar-refractivity contribution in [2.75, 3.05) is 32.9 Å². The van der Waals surface area contributed by atoms with Gasteiger partial charge in [-0.25, -0.2) is 13.8 Å². The van der Waals surface area contributed by atoms with Crippen LogP contribution in [0, 0.1) is 11.7 Å². The van der Waals surface area contributed by atoms with Crippen molar-refractivity contribution in [3.05, 3.63) is 34.1 Å². The molecule has 1 aromatic heterocycles. The van der Waals surface area contributed by atoms with Gasteiger partial charge in [-0.2, -0.15) is 11.8 Å². The number of benzene rings is 1. The van der Waals surface area contributed by atoms with Crippen molar-refractivity contribution >= 4 is 35.1 Å². The molecule has 2 aromatic rings. The molecule has 4 rings (SSSR count). The van der Waals surface area contributed by atoms with E-state index in [1.807, 2.05) is 0 Å². The third-order valence-corrected chi connectivity index (χ3v) is 6.80. The lowest BCUT2D eigenvalue weighted by Gasteiger charge is -2.26. The maximum absolute atomic E-state index is 14.5. The Morgan fingerprint density at radius 1 is 1.27 bits per heavy atom. The summed E-state index contributed by atoms with van der Waals surface area (Å²) in [6.07, 6.45) is 1.63. The molecule has 0 spiro atoms. The molecule has 166 valence electrons. The van der Waals surface area contributed by atoms with Crippen molar-refractivity contribution in [2.45, 2.75) is 36.4 Å². The number of fused-ring (bicyclic) bond motifs is 1. The molecule has 2 fully saturated rings. The van der Waals surface area contributed by atoms with Crippen molar-refractivity contribution in [1.29, 1.82) is 0 Å². The molecule has 10 heteroatoms. The smallest absolute Gasteiger partial charge is 0.261 e. The van der Waals surface area contributed by atoms with Crippen molar-refractivity contribution in [3.8, 4) is 5.75 Å². The summed E-state index contributed by atoms with van der Waals surface area (Å²) < 4.78 is 39.5. The van der Waals surface area contributed by atoms with Crippen LogP contribution in [-0.4, -0.2) is 54.3 Å². The van der Waals surface area contributed by atoms with Gasteiger partial charge in [0.2, 0.25) is 0 Å². The average Bonchev–Trinajstić information content (AvgIpc) is 2.72. The first-order valence-electron chi connectivity index (χ1n) is 9.99. The molecule has 2 aliphatic rings. The molecule has 2 saturated heterocycles. The first kappa shape index (κ1) is 23.2. The standard InChI is InChI=1S/C20H25F2N3O3S.ClH/c21-15-7-13(28-10-12-1-4-23-9-16(12)22)8-17-19(15)20(26)25-18(24-17)11-29-14-2-5-27-6-3-14;/h7-8,12,14,16,23H,1-6,9-11H2,(H,24,25,26);1H. The van der Waals surface area contributed by atoms with Gasteiger partial charge in [-0.1, -0.05) is 0 Å². The molecular weight excluding hydrogens is 436 g/mol. The number of piperidine rings is 1. The van der Waals surface area contributed by atoms with Gasteiger partial charge in [-0.3, -0.25) is 4.79 Å². The Hall–Kier alpha value is -1.42. The molecule has 2 aliphatic heterocycles. The van der Waals surface area contributed by atoms with Crippen LogP contribution >= 0.6 is 24.2 Å². The summed E-state index contributed by atoms with van der Waals surface area (Å²) >= 11 is 1.72. The summed E-state index contributed by atoms with van der Waals surface area (Å²) in [7, 11) is 0. The fourth-order valence-electron chi connectivity index (χ4n) is 3.70. The van der Waals surface area contributed by atoms with Crippen LogP contribution in [0.4, 0.5) is 8.78 Å². The highest BCUT2D eigenvalue weighted by Gasteiger charge is 2.25. The normalized spacial score (nSPS) is 22.6. The second-order valence-electron chi connectivity index (χ2n) is 7.51. The van der Waals surface area contributed by atoms with Crippen LogP contribution in [0.5, 0.6) is 5.75 Å². The van der Waals surface area contributed by atoms with Crippen LogP contribution in [0.15, 0.2) is 16.9 Å². The lowest BCUT2D eigenvalue weighted by atomic mass is 9.97. The van der Waals surface area contributed by atoms with E-state index < -0.39 is 17.5 Å². The van der Waals surface area contributed by atoms with E-state index in [9.17, 15) is 13.6 Å². The number of hydrogen-bond donors (Lipinski definition) is 2. The highest BCUT2D eigenvalue weighted by molar-refractivity contribution is 7.99. The lowest BCUT2D eigenvalue weighted by molar-refractivity contribution is 0.1000. The number of thioether (sulfide) groups is 1. The summed E-state index contributed by atoms with van der Waals surface area (Å²) in [6.45, 7) is 2.73. The van der Waals surface area contributed by atoms with E-state index in [2.05, 4.69) is 15.3 Å². The zero-order valence-corrected chi connectivity index (χ0v) is 18.1. The third-order valence-electron chi connectivity index (χ3n) is 5.41. The number of ether oxygens (including phenoxy) is 2. The monoisotopic (exact) mass is 461 g/mol. The van der Waals surface area contributed by atoms with Gasteiger partial charge in [0.15, 0.2) is 0 Å². The number of rotatable bonds is 6. The van der Waals surface area contributed by atoms with Crippen LogP contribution in [0.1, 0.15) is 25.1 Å². The van der Waals surface area contributed by atoms with Crippen molar-refractivity contribution in [1.82, 2.24) is 15.3 Å². The second-order valence-corrected chi connectivity index (χ2v) is 8.80. The van der Waals surface area contributed by atoms with Crippen LogP contribution in [0.2, 0.25) is 0 Å². The van der Waals surface area contributed by atoms with Gasteiger partial charge in [-0.15, -0.1) is 12.4 Å². The Balaban J connectivity index is 0.00000256. The van der Waals surface area contributed by atoms with E-state index >= 15 is 0 Å². The van der Waals surface area contributed by atoms with E-state index in [0.29, 0.717) is 29.8 Å². The Bertz CT molecular complexity index is 911. The van der Waals surface area contributed by atoms with E-state index in [1.54, 1.807) is 17.8 Å². The molecule has 2 atom stereocenters. The van der Waals surface area contributed by atoms with Gasteiger partial charge >= 0.3 is 0 Å². The van der Waals surface area contributed by atoms with E-state index in [4.69, 9.17) is 9.47 Å². The van der Waals surface area contributed by atoms with E-state index in [-0.39, 0.29) is 41.6 Å². The Morgan fingerprint density at radius 3 is 2.83 bits per heavy atom. The summed E-state index contributed by atoms with van der Waals surface area (Å²) in [5.74, 6) is 0.409. The van der Waals surface area contributed by atoms with Gasteiger partial charge < -0.3 is 19.8 Å². The first-order chi connectivity index (χ1) is 14.1. The summed E-state index contributed by atoms with van der Waals surface area (Å²) in [5.41, 5.74) is -0.239. The zero-order valence-electron chi connectivity index (χ0n) is 16.5. The Labute approximate surface area is 183 Å². The number of halogens is 3. The number of aromatic nitrogens is 2. The lowest BCUT2D eigenvalue weighted by Crippen LogP contribution is -2.40. The summed E-state index contributed by atoms with van der Waals surface area (Å²) in [6, 6.07) is 2.73. The minimum Gasteiger partial charge on any atom is -0.493 e. The third kappa shape index (κ3) is 5.63. The molecule has 0 amide bonds. The van der Waals surface area contributed by atoms with Crippen LogP contribution in [-0.2, 0) is 10.5 Å². The summed E-state index contributed by atoms with van der Waals surface area (Å²) in [5, 5.41) is 3.38. The topological polar surface area (TPSA) is 76.2 Å². The van der Waals surface area contributed by atoms with Crippen LogP contribution in [0.25, 0.3) is 10.9 Å². The number of nitrogens with one attached hydrogen (secondary N) is 2. The molecule has 2 unspecified atom stereocenters. The second kappa shape index (κ2) is 10.7. The minimum absolute atomic E-state index is 0. The van der Waals surface area contributed by atoms with Gasteiger partial charge in [0.05, 0.1) is 17.9 Å². The van der Waals surface area contributed by atoms with E-state index in [1.165, 1.54) is 6.07 Å². The van der Waals surface area contributed by atoms with Crippen LogP contribution < -0.4 is 15.6 Å². The number of nitrogens with zero attached hydrogens (tertiary/aromatic N) is 1. The minimum atomic E-state index is -0.983. The molecule has 0 aliphatic carbocycles. The molecule has 30 heavy (non-hydrogen) atoms. The number of H-pyrrole nitrogens is 1. The molecule has 2 N–H and O–H groups in total. The number of alkyl halides is 1. The van der Waals surface area contributed by atoms with Crippen molar-refractivity contribution in [3.63, 3.8) is 0 Å². The quantitative estimate of drug-likeness (QED) is 0.688. The van der Waals surface area contributed by atoms with Crippen molar-refractivity contribution < 1.29 is 18.3 Å². The average molecular weight is 462 g/mol. The molecule has 6 nitrogen and oxygen atoms in total. The SMILES string of the molecule is Cl.O=c1[nH]c(CSC2CCOCC2)nc2cc(OCC3CCNCC3F)cc(F)c12. The number of hydrogen-bond acceptors (Lipinski definition) is 6. The van der Waals surface area contributed by atoms with Gasteiger partial charge in [-0.05, 0) is 25.8 Å². The molecular formula is C20H26ClF2N3O3S. The van der Waals surface area contributed by atoms with Gasteiger partial charge in [0.25, 0.3) is 5.56 Å². The predicted octanol–water partition coefficient (Wildman–Crippen LogP) is 3.22. The highest BCUT2D eigenvalue weighted by atomic mass is 35.5. The largest absolute Gasteiger partial charge is 0.493 e. The number of aromatic amines is 1. The fraction of sp³-hybridized carbons (Fsp3) is 0.600. The van der Waals surface area contributed by atoms with Gasteiger partial charge in [0, 0.05) is 43.1 Å². The summed E-state index contributed by atoms with van der Waals surface area (Å²) in [4.78, 5) is 19.5. The predicted molar refractivity (Wildman–Crippen MR) is 116 cm³/mol. The molecule has 0 saturated carbocycles. The maximum Gasteiger partial charge on any atom is 0.261 e. The Morgan fingerprint density at radius 2 is 2.07 bits per heavy atom. The van der Waals surface area contributed by atoms with Gasteiger partial charge in [0.1, 0.15) is 28.9 Å². The van der Waals surface area contributed by atoms with Crippen molar-refractivity contribution in [2.24, 2.45) is 5.92 Å². The first-order valence-corrected chi connectivity index (χ1v) is 11.0. The molecule has 3 heterocycles. The maximum atomic E-state index is 14.5. The molecule has 1 aromatic carbocycles. The molecule has 0 radical (unpaired) electrons.